The van der Waals surface area contributed by atoms with Crippen molar-refractivity contribution in [1.82, 2.24) is 4.72 Å². The molecule has 0 aromatic heterocycles. The summed E-state index contributed by atoms with van der Waals surface area (Å²) in [5, 5.41) is 8.83. The molecule has 110 valence electrons. The molecular formula is C13H18N2O4S. The Morgan fingerprint density at radius 2 is 2.05 bits per heavy atom. The molecule has 1 aromatic carbocycles. The third-order valence-electron chi connectivity index (χ3n) is 3.29. The minimum Gasteiger partial charge on any atom is -0.481 e. The number of nitrogens with one attached hydrogen (secondary N) is 1. The number of aliphatic carboxylic acids is 1. The maximum atomic E-state index is 12.1. The zero-order valence-corrected chi connectivity index (χ0v) is 12.1. The molecule has 0 aliphatic heterocycles. The van der Waals surface area contributed by atoms with E-state index in [1.54, 1.807) is 18.2 Å². The third kappa shape index (κ3) is 3.29. The fourth-order valence-corrected chi connectivity index (χ4v) is 3.07. The van der Waals surface area contributed by atoms with Gasteiger partial charge < -0.3 is 10.0 Å². The lowest BCUT2D eigenvalue weighted by Crippen LogP contribution is -2.31. The molecule has 0 spiro atoms. The Bertz CT molecular complexity index is 596. The maximum Gasteiger partial charge on any atom is 0.305 e. The van der Waals surface area contributed by atoms with Crippen molar-refractivity contribution in [1.29, 1.82) is 0 Å². The zero-order chi connectivity index (χ0) is 14.8. The van der Waals surface area contributed by atoms with E-state index in [9.17, 15) is 13.2 Å². The minimum atomic E-state index is -3.56. The second-order valence-corrected chi connectivity index (χ2v) is 6.60. The summed E-state index contributed by atoms with van der Waals surface area (Å²) < 4.78 is 26.4. The predicted octanol–water partition coefficient (Wildman–Crippen LogP) is 1.04. The van der Waals surface area contributed by atoms with Gasteiger partial charge in [0.2, 0.25) is 10.0 Å². The zero-order valence-electron chi connectivity index (χ0n) is 11.2. The summed E-state index contributed by atoms with van der Waals surface area (Å²) in [6.07, 6.45) is 1.92. The highest BCUT2D eigenvalue weighted by atomic mass is 32.2. The van der Waals surface area contributed by atoms with Crippen molar-refractivity contribution in [3.63, 3.8) is 0 Å². The molecule has 0 amide bonds. The van der Waals surface area contributed by atoms with E-state index in [1.807, 2.05) is 4.90 Å². The molecule has 2 N–H and O–H groups in total. The van der Waals surface area contributed by atoms with Gasteiger partial charge in [0.15, 0.2) is 0 Å². The van der Waals surface area contributed by atoms with Crippen LogP contribution in [0.5, 0.6) is 0 Å². The van der Waals surface area contributed by atoms with Crippen molar-refractivity contribution in [2.75, 3.05) is 18.5 Å². The monoisotopic (exact) mass is 298 g/mol. The minimum absolute atomic E-state index is 0.00949. The third-order valence-corrected chi connectivity index (χ3v) is 4.75. The first kappa shape index (κ1) is 14.8. The van der Waals surface area contributed by atoms with Crippen molar-refractivity contribution in [3.8, 4) is 0 Å². The molecule has 0 unspecified atom stereocenters. The van der Waals surface area contributed by atoms with Crippen molar-refractivity contribution >= 4 is 21.7 Å². The Hall–Kier alpha value is -1.60. The number of hydrogen-bond acceptors (Lipinski definition) is 4. The topological polar surface area (TPSA) is 86.7 Å². The molecule has 6 nitrogen and oxygen atoms in total. The van der Waals surface area contributed by atoms with E-state index in [0.717, 1.165) is 12.8 Å². The van der Waals surface area contributed by atoms with E-state index in [-0.39, 0.29) is 17.4 Å². The molecule has 7 heteroatoms. The van der Waals surface area contributed by atoms with Crippen molar-refractivity contribution < 1.29 is 18.3 Å². The first-order valence-corrected chi connectivity index (χ1v) is 7.95. The van der Waals surface area contributed by atoms with E-state index in [1.165, 1.54) is 13.1 Å². The van der Waals surface area contributed by atoms with Gasteiger partial charge in [-0.25, -0.2) is 13.1 Å². The molecule has 0 heterocycles. The first-order valence-electron chi connectivity index (χ1n) is 6.46. The van der Waals surface area contributed by atoms with Crippen molar-refractivity contribution in [2.24, 2.45) is 0 Å². The summed E-state index contributed by atoms with van der Waals surface area (Å²) in [4.78, 5) is 12.8. The number of para-hydroxylation sites is 1. The predicted molar refractivity (Wildman–Crippen MR) is 75.3 cm³/mol. The molecule has 1 aliphatic carbocycles. The number of anilines is 1. The van der Waals surface area contributed by atoms with Gasteiger partial charge in [0.1, 0.15) is 4.90 Å². The second kappa shape index (κ2) is 5.80. The van der Waals surface area contributed by atoms with Crippen LogP contribution >= 0.6 is 0 Å². The highest BCUT2D eigenvalue weighted by Crippen LogP contribution is 2.35. The number of carboxylic acid groups (broad SMARTS) is 1. The molecular weight excluding hydrogens is 280 g/mol. The van der Waals surface area contributed by atoms with Crippen molar-refractivity contribution in [2.45, 2.75) is 30.2 Å². The summed E-state index contributed by atoms with van der Waals surface area (Å²) in [6, 6.07) is 6.93. The van der Waals surface area contributed by atoms with Gasteiger partial charge >= 0.3 is 5.97 Å². The standard InChI is InChI=1S/C13H18N2O4S/c1-14-20(18,19)12-5-3-2-4-11(12)15(10-6-7-10)9-8-13(16)17/h2-5,10,14H,6-9H2,1H3,(H,16,17). The Balaban J connectivity index is 2.36. The molecule has 0 atom stereocenters. The first-order chi connectivity index (χ1) is 9.45. The van der Waals surface area contributed by atoms with E-state index in [2.05, 4.69) is 4.72 Å². The Morgan fingerprint density at radius 1 is 1.40 bits per heavy atom. The smallest absolute Gasteiger partial charge is 0.305 e. The van der Waals surface area contributed by atoms with E-state index in [0.29, 0.717) is 12.2 Å². The molecule has 0 saturated heterocycles. The van der Waals surface area contributed by atoms with Crippen LogP contribution in [0.15, 0.2) is 29.2 Å². The van der Waals surface area contributed by atoms with Crippen LogP contribution in [0.2, 0.25) is 0 Å². The summed E-state index contributed by atoms with van der Waals surface area (Å²) in [5.74, 6) is -0.885. The molecule has 0 bridgehead atoms. The maximum absolute atomic E-state index is 12.1. The van der Waals surface area contributed by atoms with E-state index < -0.39 is 16.0 Å². The lowest BCUT2D eigenvalue weighted by molar-refractivity contribution is -0.136. The Morgan fingerprint density at radius 3 is 2.60 bits per heavy atom. The van der Waals surface area contributed by atoms with Crippen LogP contribution in [0.4, 0.5) is 5.69 Å². The van der Waals surface area contributed by atoms with Gasteiger partial charge in [0, 0.05) is 12.6 Å². The van der Waals surface area contributed by atoms with Crippen molar-refractivity contribution in [3.05, 3.63) is 24.3 Å². The Labute approximate surface area is 118 Å². The largest absolute Gasteiger partial charge is 0.481 e. The van der Waals surface area contributed by atoms with Crippen LogP contribution in [-0.4, -0.2) is 39.1 Å². The van der Waals surface area contributed by atoms with E-state index in [4.69, 9.17) is 5.11 Å². The van der Waals surface area contributed by atoms with Gasteiger partial charge in [-0.15, -0.1) is 0 Å². The van der Waals surface area contributed by atoms with Gasteiger partial charge in [-0.05, 0) is 32.0 Å². The lowest BCUT2D eigenvalue weighted by Gasteiger charge is -2.26. The number of benzene rings is 1. The summed E-state index contributed by atoms with van der Waals surface area (Å²) in [5.41, 5.74) is 0.575. The molecule has 1 aromatic rings. The molecule has 2 rings (SSSR count). The van der Waals surface area contributed by atoms with Gasteiger partial charge in [-0.1, -0.05) is 12.1 Å². The molecule has 1 saturated carbocycles. The summed E-state index contributed by atoms with van der Waals surface area (Å²) in [6.45, 7) is 0.316. The highest BCUT2D eigenvalue weighted by molar-refractivity contribution is 7.89. The van der Waals surface area contributed by atoms with Gasteiger partial charge in [-0.2, -0.15) is 0 Å². The van der Waals surface area contributed by atoms with E-state index >= 15 is 0 Å². The van der Waals surface area contributed by atoms with Gasteiger partial charge in [-0.3, -0.25) is 4.79 Å². The summed E-state index contributed by atoms with van der Waals surface area (Å²) >= 11 is 0. The van der Waals surface area contributed by atoms with Crippen LogP contribution in [0.25, 0.3) is 0 Å². The summed E-state index contributed by atoms with van der Waals surface area (Å²) in [7, 11) is -2.19. The number of carboxylic acids is 1. The van der Waals surface area contributed by atoms with Gasteiger partial charge in [0.05, 0.1) is 12.1 Å². The van der Waals surface area contributed by atoms with Gasteiger partial charge in [0.25, 0.3) is 0 Å². The number of rotatable bonds is 7. The average Bonchev–Trinajstić information content (AvgIpc) is 3.24. The van der Waals surface area contributed by atoms with Crippen LogP contribution in [0.1, 0.15) is 19.3 Å². The quantitative estimate of drug-likeness (QED) is 0.785. The van der Waals surface area contributed by atoms with Crippen LogP contribution in [-0.2, 0) is 14.8 Å². The number of sulfonamides is 1. The fourth-order valence-electron chi connectivity index (χ4n) is 2.13. The normalized spacial score (nSPS) is 15.1. The SMILES string of the molecule is CNS(=O)(=O)c1ccccc1N(CCC(=O)O)C1CC1. The molecule has 1 fully saturated rings. The fraction of sp³-hybridized carbons (Fsp3) is 0.462. The highest BCUT2D eigenvalue weighted by Gasteiger charge is 2.32. The number of nitrogens with zero attached hydrogens (tertiary/aromatic N) is 1. The van der Waals surface area contributed by atoms with Crippen LogP contribution in [0, 0.1) is 0 Å². The molecule has 0 radical (unpaired) electrons. The van der Waals surface area contributed by atoms with Crippen LogP contribution in [0.3, 0.4) is 0 Å². The van der Waals surface area contributed by atoms with Crippen LogP contribution < -0.4 is 9.62 Å². The molecule has 20 heavy (non-hydrogen) atoms. The second-order valence-electron chi connectivity index (χ2n) is 4.74. The average molecular weight is 298 g/mol. The number of hydrogen-bond donors (Lipinski definition) is 2. The number of carbonyl (C=O) groups is 1. The lowest BCUT2D eigenvalue weighted by atomic mass is 10.2. The molecule has 1 aliphatic rings. The Kier molecular flexibility index (Phi) is 4.29.